The fourth-order valence-corrected chi connectivity index (χ4v) is 4.59. The number of nitriles is 1. The highest BCUT2D eigenvalue weighted by atomic mass is 15.3. The molecule has 0 aliphatic carbocycles. The summed E-state index contributed by atoms with van der Waals surface area (Å²) >= 11 is 0. The highest BCUT2D eigenvalue weighted by Crippen LogP contribution is 2.32. The molecule has 0 N–H and O–H groups in total. The molecule has 0 atom stereocenters. The molecule has 1 aromatic carbocycles. The molecule has 1 fully saturated rings. The number of para-hydroxylation sites is 2. The van der Waals surface area contributed by atoms with E-state index in [0.29, 0.717) is 11.6 Å². The Balaban J connectivity index is 1.61. The number of imidazole rings is 1. The number of aromatic nitrogens is 4. The monoisotopic (exact) mass is 388 g/mol. The molecule has 29 heavy (non-hydrogen) atoms. The molecule has 6 heteroatoms. The van der Waals surface area contributed by atoms with Crippen LogP contribution in [0.25, 0.3) is 11.0 Å². The average Bonchev–Trinajstić information content (AvgIpc) is 3.16. The van der Waals surface area contributed by atoms with Crippen molar-refractivity contribution >= 4 is 16.9 Å². The van der Waals surface area contributed by atoms with Crippen LogP contribution in [0.1, 0.15) is 62.3 Å². The van der Waals surface area contributed by atoms with Crippen molar-refractivity contribution in [1.29, 1.82) is 5.26 Å². The largest absolute Gasteiger partial charge is 0.354 e. The molecule has 1 saturated heterocycles. The van der Waals surface area contributed by atoms with E-state index in [-0.39, 0.29) is 0 Å². The molecule has 3 heterocycles. The predicted octanol–water partition coefficient (Wildman–Crippen LogP) is 4.23. The van der Waals surface area contributed by atoms with Crippen molar-refractivity contribution in [1.82, 2.24) is 19.7 Å². The van der Waals surface area contributed by atoms with Crippen LogP contribution in [0.15, 0.2) is 24.3 Å². The molecule has 2 aromatic heterocycles. The number of hydrogen-bond donors (Lipinski definition) is 0. The number of nitrogens with zero attached hydrogens (tertiary/aromatic N) is 6. The first-order valence-electron chi connectivity index (χ1n) is 10.7. The second-order valence-electron chi connectivity index (χ2n) is 7.60. The molecule has 0 spiro atoms. The minimum Gasteiger partial charge on any atom is -0.354 e. The highest BCUT2D eigenvalue weighted by molar-refractivity contribution is 5.76. The van der Waals surface area contributed by atoms with Gasteiger partial charge in [-0.05, 0) is 43.4 Å². The van der Waals surface area contributed by atoms with Crippen LogP contribution in [-0.4, -0.2) is 32.8 Å². The van der Waals surface area contributed by atoms with Gasteiger partial charge in [-0.2, -0.15) is 10.4 Å². The standard InChI is InChI=1S/C23H28N6/c1-4-17-18(15-24)23(27-26-19(17)5-2)28-13-11-16(12-14-28)29-21-10-8-7-9-20(21)25-22(29)6-3/h7-10,16H,4-6,11-14H2,1-3H3. The predicted molar refractivity (Wildman–Crippen MR) is 115 cm³/mol. The Kier molecular flexibility index (Phi) is 5.48. The molecule has 1 aliphatic heterocycles. The molecule has 0 bridgehead atoms. The van der Waals surface area contributed by atoms with Gasteiger partial charge < -0.3 is 9.47 Å². The highest BCUT2D eigenvalue weighted by Gasteiger charge is 2.27. The molecule has 6 nitrogen and oxygen atoms in total. The minimum atomic E-state index is 0.424. The van der Waals surface area contributed by atoms with Crippen molar-refractivity contribution in [2.45, 2.75) is 58.9 Å². The molecule has 1 aliphatic rings. The maximum Gasteiger partial charge on any atom is 0.169 e. The van der Waals surface area contributed by atoms with Gasteiger partial charge in [0.25, 0.3) is 0 Å². The number of rotatable bonds is 5. The van der Waals surface area contributed by atoms with Gasteiger partial charge in [0.15, 0.2) is 5.82 Å². The second kappa shape index (κ2) is 8.20. The third-order valence-corrected chi connectivity index (χ3v) is 6.05. The zero-order valence-electron chi connectivity index (χ0n) is 17.5. The summed E-state index contributed by atoms with van der Waals surface area (Å²) in [5.41, 5.74) is 5.00. The van der Waals surface area contributed by atoms with Gasteiger partial charge in [-0.25, -0.2) is 4.98 Å². The molecular formula is C23H28N6. The Bertz CT molecular complexity index is 1050. The third kappa shape index (κ3) is 3.35. The second-order valence-corrected chi connectivity index (χ2v) is 7.60. The molecule has 4 rings (SSSR count). The lowest BCUT2D eigenvalue weighted by Gasteiger charge is -2.34. The van der Waals surface area contributed by atoms with Crippen LogP contribution >= 0.6 is 0 Å². The maximum atomic E-state index is 9.81. The minimum absolute atomic E-state index is 0.424. The fraction of sp³-hybridized carbons (Fsp3) is 0.478. The van der Waals surface area contributed by atoms with Gasteiger partial charge in [-0.15, -0.1) is 5.10 Å². The Hall–Kier alpha value is -2.94. The van der Waals surface area contributed by atoms with E-state index in [2.05, 4.69) is 70.8 Å². The number of aryl methyl sites for hydroxylation is 2. The third-order valence-electron chi connectivity index (χ3n) is 6.05. The van der Waals surface area contributed by atoms with Crippen molar-refractivity contribution in [2.24, 2.45) is 0 Å². The molecule has 0 amide bonds. The maximum absolute atomic E-state index is 9.81. The first kappa shape index (κ1) is 19.4. The normalized spacial score (nSPS) is 15.0. The number of piperidine rings is 1. The molecule has 3 aromatic rings. The quantitative estimate of drug-likeness (QED) is 0.654. The van der Waals surface area contributed by atoms with E-state index in [9.17, 15) is 5.26 Å². The van der Waals surface area contributed by atoms with Gasteiger partial charge in [0, 0.05) is 25.6 Å². The van der Waals surface area contributed by atoms with Crippen molar-refractivity contribution < 1.29 is 0 Å². The molecule has 150 valence electrons. The van der Waals surface area contributed by atoms with Gasteiger partial charge in [0.2, 0.25) is 0 Å². The van der Waals surface area contributed by atoms with E-state index >= 15 is 0 Å². The van der Waals surface area contributed by atoms with Crippen LogP contribution in [0.5, 0.6) is 0 Å². The first-order chi connectivity index (χ1) is 14.2. The summed E-state index contributed by atoms with van der Waals surface area (Å²) in [6, 6.07) is 11.2. The Morgan fingerprint density at radius 3 is 2.45 bits per heavy atom. The van der Waals surface area contributed by atoms with E-state index in [1.54, 1.807) is 0 Å². The van der Waals surface area contributed by atoms with Crippen molar-refractivity contribution in [3.63, 3.8) is 0 Å². The van der Waals surface area contributed by atoms with Gasteiger partial charge in [-0.3, -0.25) is 0 Å². The zero-order chi connectivity index (χ0) is 20.4. The summed E-state index contributed by atoms with van der Waals surface area (Å²) in [5.74, 6) is 1.91. The summed E-state index contributed by atoms with van der Waals surface area (Å²) in [7, 11) is 0. The fourth-order valence-electron chi connectivity index (χ4n) is 4.59. The van der Waals surface area contributed by atoms with Crippen LogP contribution in [-0.2, 0) is 19.3 Å². The van der Waals surface area contributed by atoms with Crippen LogP contribution in [0, 0.1) is 11.3 Å². The summed E-state index contributed by atoms with van der Waals surface area (Å²) in [6.07, 6.45) is 4.57. The Morgan fingerprint density at radius 1 is 1.03 bits per heavy atom. The number of fused-ring (bicyclic) bond motifs is 1. The van der Waals surface area contributed by atoms with E-state index in [1.807, 2.05) is 0 Å². The first-order valence-corrected chi connectivity index (χ1v) is 10.7. The van der Waals surface area contributed by atoms with Crippen molar-refractivity contribution in [3.8, 4) is 6.07 Å². The number of anilines is 1. The SMILES string of the molecule is CCc1nnc(N2CCC(n3c(CC)nc4ccccc43)CC2)c(C#N)c1CC. The zero-order valence-corrected chi connectivity index (χ0v) is 17.5. The molecule has 0 saturated carbocycles. The Morgan fingerprint density at radius 2 is 1.79 bits per heavy atom. The van der Waals surface area contributed by atoms with E-state index in [4.69, 9.17) is 4.98 Å². The molecular weight excluding hydrogens is 360 g/mol. The molecule has 0 radical (unpaired) electrons. The van der Waals surface area contributed by atoms with Crippen molar-refractivity contribution in [3.05, 3.63) is 46.9 Å². The molecule has 0 unspecified atom stereocenters. The lowest BCUT2D eigenvalue weighted by Crippen LogP contribution is -2.36. The van der Waals surface area contributed by atoms with Gasteiger partial charge in [0.05, 0.1) is 16.7 Å². The summed E-state index contributed by atoms with van der Waals surface area (Å²) in [6.45, 7) is 8.07. The van der Waals surface area contributed by atoms with Crippen LogP contribution in [0.2, 0.25) is 0 Å². The average molecular weight is 389 g/mol. The smallest absolute Gasteiger partial charge is 0.169 e. The summed E-state index contributed by atoms with van der Waals surface area (Å²) in [4.78, 5) is 7.08. The van der Waals surface area contributed by atoms with Crippen LogP contribution < -0.4 is 4.90 Å². The number of hydrogen-bond acceptors (Lipinski definition) is 5. The van der Waals surface area contributed by atoms with E-state index in [0.717, 1.165) is 73.6 Å². The lowest BCUT2D eigenvalue weighted by molar-refractivity contribution is 0.393. The Labute approximate surface area is 172 Å². The summed E-state index contributed by atoms with van der Waals surface area (Å²) < 4.78 is 2.43. The van der Waals surface area contributed by atoms with Crippen molar-refractivity contribution in [2.75, 3.05) is 18.0 Å². The number of benzene rings is 1. The van der Waals surface area contributed by atoms with Gasteiger partial charge >= 0.3 is 0 Å². The van der Waals surface area contributed by atoms with Crippen LogP contribution in [0.3, 0.4) is 0 Å². The van der Waals surface area contributed by atoms with E-state index < -0.39 is 0 Å². The van der Waals surface area contributed by atoms with Crippen LogP contribution in [0.4, 0.5) is 5.82 Å². The van der Waals surface area contributed by atoms with Gasteiger partial charge in [0.1, 0.15) is 17.5 Å². The summed E-state index contributed by atoms with van der Waals surface area (Å²) in [5, 5.41) is 18.7. The van der Waals surface area contributed by atoms with Gasteiger partial charge in [-0.1, -0.05) is 32.9 Å². The lowest BCUT2D eigenvalue weighted by atomic mass is 10.0. The topological polar surface area (TPSA) is 70.6 Å². The van der Waals surface area contributed by atoms with E-state index in [1.165, 1.54) is 5.52 Å².